The molecule has 256 valence electrons. The van der Waals surface area contributed by atoms with Crippen LogP contribution in [0.4, 0.5) is 8.78 Å². The molecule has 2 aromatic heterocycles. The van der Waals surface area contributed by atoms with E-state index in [2.05, 4.69) is 4.98 Å². The van der Waals surface area contributed by atoms with E-state index in [9.17, 15) is 29.4 Å². The minimum Gasteiger partial charge on any atom is -0.493 e. The zero-order valence-corrected chi connectivity index (χ0v) is 28.0. The predicted octanol–water partition coefficient (Wildman–Crippen LogP) is 6.96. The van der Waals surface area contributed by atoms with Gasteiger partial charge in [0.05, 0.1) is 48.7 Å². The van der Waals surface area contributed by atoms with Gasteiger partial charge in [0.2, 0.25) is 0 Å². The molecule has 0 aliphatic carbocycles. The Morgan fingerprint density at radius 2 is 1.29 bits per heavy atom. The van der Waals surface area contributed by atoms with Gasteiger partial charge in [0.1, 0.15) is 5.69 Å². The van der Waals surface area contributed by atoms with Gasteiger partial charge in [0, 0.05) is 46.9 Å². The zero-order valence-electron chi connectivity index (χ0n) is 27.2. The molecule has 4 rings (SSSR count). The second-order valence-corrected chi connectivity index (χ2v) is 13.4. The maximum atomic E-state index is 15.6. The van der Waals surface area contributed by atoms with E-state index in [4.69, 9.17) is 18.9 Å². The molecule has 0 fully saturated rings. The molecule has 14 heteroatoms. The number of aliphatic carboxylic acids is 2. The van der Waals surface area contributed by atoms with Crippen LogP contribution in [0.15, 0.2) is 30.3 Å². The molecular formula is C34H35F2NO10S. The number of carbonyl (C=O) groups excluding carboxylic acids is 2. The molecule has 0 bridgehead atoms. The van der Waals surface area contributed by atoms with Crippen LogP contribution in [0.1, 0.15) is 67.1 Å². The summed E-state index contributed by atoms with van der Waals surface area (Å²) in [6, 6.07) is 6.97. The molecule has 0 saturated carbocycles. The molecular weight excluding hydrogens is 652 g/mol. The number of ether oxygens (including phenoxy) is 4. The molecule has 0 aliphatic rings. The highest BCUT2D eigenvalue weighted by Gasteiger charge is 2.32. The smallest absolute Gasteiger partial charge is 0.309 e. The number of thiophene rings is 1. The molecule has 48 heavy (non-hydrogen) atoms. The fraction of sp³-hybridized carbons (Fsp3) is 0.382. The van der Waals surface area contributed by atoms with Crippen LogP contribution in [-0.2, 0) is 9.59 Å². The van der Waals surface area contributed by atoms with Crippen LogP contribution in [0.2, 0.25) is 0 Å². The standard InChI is InChI=1S/C34H35F2NO10S/c1-33(2,31(40)41)15-21(38)19-9-8-17-20(37-19)13-23(44-5)29(27(17)35)46-10-7-11-47-30-24(45-6)14-25-18(28(30)36)12-26(48-25)22(39)16-34(3,4)32(42)43/h8-9,12-14H,7,10-11,15-16H2,1-6H3,(H,40,41)(H,42,43). The molecule has 0 aliphatic heterocycles. The van der Waals surface area contributed by atoms with Crippen molar-refractivity contribution in [2.75, 3.05) is 27.4 Å². The highest BCUT2D eigenvalue weighted by molar-refractivity contribution is 7.20. The molecule has 2 aromatic carbocycles. The van der Waals surface area contributed by atoms with Crippen molar-refractivity contribution >= 4 is 55.8 Å². The Bertz CT molecular complexity index is 1920. The van der Waals surface area contributed by atoms with Crippen LogP contribution in [0.5, 0.6) is 23.0 Å². The number of fused-ring (bicyclic) bond motifs is 2. The van der Waals surface area contributed by atoms with E-state index in [1.807, 2.05) is 0 Å². The van der Waals surface area contributed by atoms with Crippen LogP contribution in [0.3, 0.4) is 0 Å². The number of nitrogens with zero attached hydrogens (tertiary/aromatic N) is 1. The van der Waals surface area contributed by atoms with E-state index in [0.29, 0.717) is 4.70 Å². The zero-order chi connectivity index (χ0) is 35.6. The van der Waals surface area contributed by atoms with Gasteiger partial charge in [0.25, 0.3) is 0 Å². The van der Waals surface area contributed by atoms with Crippen molar-refractivity contribution in [1.29, 1.82) is 0 Å². The van der Waals surface area contributed by atoms with E-state index in [1.165, 1.54) is 72.2 Å². The van der Waals surface area contributed by atoms with Gasteiger partial charge in [-0.1, -0.05) is 0 Å². The number of benzene rings is 2. The number of carboxylic acid groups (broad SMARTS) is 2. The highest BCUT2D eigenvalue weighted by atomic mass is 32.1. The predicted molar refractivity (Wildman–Crippen MR) is 173 cm³/mol. The molecule has 2 heterocycles. The molecule has 0 spiro atoms. The lowest BCUT2D eigenvalue weighted by atomic mass is 9.86. The number of aromatic nitrogens is 1. The van der Waals surface area contributed by atoms with Crippen LogP contribution >= 0.6 is 11.3 Å². The Labute approximate surface area is 278 Å². The first-order valence-electron chi connectivity index (χ1n) is 14.8. The van der Waals surface area contributed by atoms with Crippen molar-refractivity contribution in [1.82, 2.24) is 4.98 Å². The number of ketones is 2. The number of halogens is 2. The SMILES string of the molecule is COc1cc2nc(C(=O)CC(C)(C)C(=O)O)ccc2c(F)c1OCCCOc1c(OC)cc2sc(C(=O)CC(C)(C)C(=O)O)cc2c1F. The Balaban J connectivity index is 1.45. The second-order valence-electron chi connectivity index (χ2n) is 12.4. The summed E-state index contributed by atoms with van der Waals surface area (Å²) >= 11 is 1.02. The topological polar surface area (TPSA) is 159 Å². The third kappa shape index (κ3) is 7.48. The maximum Gasteiger partial charge on any atom is 0.309 e. The molecule has 2 N–H and O–H groups in total. The van der Waals surface area contributed by atoms with Gasteiger partial charge >= 0.3 is 11.9 Å². The minimum absolute atomic E-state index is 0.0107. The molecule has 0 radical (unpaired) electrons. The molecule has 11 nitrogen and oxygen atoms in total. The van der Waals surface area contributed by atoms with Crippen molar-refractivity contribution < 1.29 is 57.1 Å². The van der Waals surface area contributed by atoms with Gasteiger partial charge in [-0.05, 0) is 45.9 Å². The first-order valence-corrected chi connectivity index (χ1v) is 15.6. The van der Waals surface area contributed by atoms with Gasteiger partial charge < -0.3 is 29.2 Å². The van der Waals surface area contributed by atoms with Crippen LogP contribution in [-0.4, -0.2) is 66.1 Å². The number of rotatable bonds is 16. The average molecular weight is 688 g/mol. The van der Waals surface area contributed by atoms with Crippen LogP contribution < -0.4 is 18.9 Å². The van der Waals surface area contributed by atoms with Crippen molar-refractivity contribution in [3.8, 4) is 23.0 Å². The Morgan fingerprint density at radius 3 is 1.83 bits per heavy atom. The first kappa shape index (κ1) is 36.0. The summed E-state index contributed by atoms with van der Waals surface area (Å²) in [4.78, 5) is 52.8. The van der Waals surface area contributed by atoms with Gasteiger partial charge in [0.15, 0.2) is 46.2 Å². The fourth-order valence-electron chi connectivity index (χ4n) is 4.69. The largest absolute Gasteiger partial charge is 0.493 e. The van der Waals surface area contributed by atoms with Gasteiger partial charge in [-0.3, -0.25) is 19.2 Å². The third-order valence-corrected chi connectivity index (χ3v) is 8.80. The summed E-state index contributed by atoms with van der Waals surface area (Å²) in [6.07, 6.45) is -0.372. The number of Topliss-reactive ketones (excluding diaryl/α,β-unsaturated/α-hetero) is 2. The summed E-state index contributed by atoms with van der Waals surface area (Å²) in [5, 5.41) is 18.9. The molecule has 0 saturated heterocycles. The van der Waals surface area contributed by atoms with Crippen molar-refractivity contribution in [2.45, 2.75) is 47.0 Å². The highest BCUT2D eigenvalue weighted by Crippen LogP contribution is 2.41. The lowest BCUT2D eigenvalue weighted by molar-refractivity contribution is -0.147. The summed E-state index contributed by atoms with van der Waals surface area (Å²) in [5.41, 5.74) is -2.50. The lowest BCUT2D eigenvalue weighted by Gasteiger charge is -2.18. The molecule has 0 amide bonds. The van der Waals surface area contributed by atoms with Crippen molar-refractivity contribution in [3.05, 3.63) is 52.5 Å². The number of pyridine rings is 1. The second kappa shape index (κ2) is 14.1. The van der Waals surface area contributed by atoms with Crippen molar-refractivity contribution in [2.24, 2.45) is 10.8 Å². The Kier molecular flexibility index (Phi) is 10.6. The monoisotopic (exact) mass is 687 g/mol. The van der Waals surface area contributed by atoms with E-state index < -0.39 is 46.0 Å². The number of methoxy groups -OCH3 is 2. The van der Waals surface area contributed by atoms with Crippen molar-refractivity contribution in [3.63, 3.8) is 0 Å². The molecule has 4 aromatic rings. The quantitative estimate of drug-likeness (QED) is 0.0926. The third-order valence-electron chi connectivity index (χ3n) is 7.68. The van der Waals surface area contributed by atoms with Crippen LogP contribution in [0.25, 0.3) is 21.0 Å². The Morgan fingerprint density at radius 1 is 0.771 bits per heavy atom. The summed E-state index contributed by atoms with van der Waals surface area (Å²) in [5.74, 6) is -5.02. The van der Waals surface area contributed by atoms with E-state index in [-0.39, 0.29) is 82.3 Å². The molecule has 0 unspecified atom stereocenters. The van der Waals surface area contributed by atoms with E-state index in [0.717, 1.165) is 11.3 Å². The maximum absolute atomic E-state index is 15.6. The van der Waals surface area contributed by atoms with Gasteiger partial charge in [-0.15, -0.1) is 11.3 Å². The summed E-state index contributed by atoms with van der Waals surface area (Å²) < 4.78 is 53.5. The minimum atomic E-state index is -1.31. The van der Waals surface area contributed by atoms with E-state index >= 15 is 8.78 Å². The fourth-order valence-corrected chi connectivity index (χ4v) is 5.72. The first-order chi connectivity index (χ1) is 22.5. The summed E-state index contributed by atoms with van der Waals surface area (Å²) in [6.45, 7) is 5.61. The average Bonchev–Trinajstić information content (AvgIpc) is 3.46. The number of carboxylic acids is 2. The Hall–Kier alpha value is -4.85. The number of carbonyl (C=O) groups is 4. The summed E-state index contributed by atoms with van der Waals surface area (Å²) in [7, 11) is 2.65. The normalized spacial score (nSPS) is 11.8. The van der Waals surface area contributed by atoms with Gasteiger partial charge in [-0.25, -0.2) is 13.8 Å². The van der Waals surface area contributed by atoms with Crippen LogP contribution in [0, 0.1) is 22.5 Å². The van der Waals surface area contributed by atoms with E-state index in [1.54, 1.807) is 0 Å². The van der Waals surface area contributed by atoms with Gasteiger partial charge in [-0.2, -0.15) is 0 Å². The lowest BCUT2D eigenvalue weighted by Crippen LogP contribution is -2.27. The molecule has 0 atom stereocenters. The number of hydrogen-bond acceptors (Lipinski definition) is 10. The number of hydrogen-bond donors (Lipinski definition) is 2.